The smallest absolute Gasteiger partial charge is 0.161 e. The third-order valence-corrected chi connectivity index (χ3v) is 4.61. The Bertz CT molecular complexity index is 450. The molecule has 0 spiro atoms. The van der Waals surface area contributed by atoms with Gasteiger partial charge in [-0.2, -0.15) is 0 Å². The van der Waals surface area contributed by atoms with E-state index in [0.717, 1.165) is 24.1 Å². The van der Waals surface area contributed by atoms with E-state index >= 15 is 0 Å². The van der Waals surface area contributed by atoms with Gasteiger partial charge >= 0.3 is 0 Å². The molecule has 0 unspecified atom stereocenters. The highest BCUT2D eigenvalue weighted by Crippen LogP contribution is 2.45. The summed E-state index contributed by atoms with van der Waals surface area (Å²) in [6.07, 6.45) is 6.59. The Morgan fingerprint density at radius 3 is 2.42 bits per heavy atom. The highest BCUT2D eigenvalue weighted by Gasteiger charge is 2.40. The second-order valence-corrected chi connectivity index (χ2v) is 5.86. The van der Waals surface area contributed by atoms with Crippen LogP contribution in [0.4, 0.5) is 0 Å². The fraction of sp³-hybridized carbons (Fsp3) is 0.625. The largest absolute Gasteiger partial charge is 0.493 e. The number of ether oxygens (including phenoxy) is 2. The number of hydrogen-bond donors (Lipinski definition) is 1. The molecule has 0 bridgehead atoms. The maximum atomic E-state index is 5.43. The minimum atomic E-state index is 0.322. The number of benzene rings is 1. The van der Waals surface area contributed by atoms with Gasteiger partial charge in [-0.1, -0.05) is 12.5 Å². The molecule has 0 atom stereocenters. The van der Waals surface area contributed by atoms with Crippen molar-refractivity contribution in [2.24, 2.45) is 0 Å². The van der Waals surface area contributed by atoms with Crippen molar-refractivity contribution in [3.63, 3.8) is 0 Å². The van der Waals surface area contributed by atoms with Gasteiger partial charge in [-0.15, -0.1) is 0 Å². The van der Waals surface area contributed by atoms with E-state index in [4.69, 9.17) is 9.47 Å². The topological polar surface area (TPSA) is 30.5 Å². The number of hydrogen-bond acceptors (Lipinski definition) is 3. The molecule has 1 N–H and O–H groups in total. The fourth-order valence-electron chi connectivity index (χ4n) is 2.96. The van der Waals surface area contributed by atoms with Crippen molar-refractivity contribution in [2.75, 3.05) is 20.8 Å². The summed E-state index contributed by atoms with van der Waals surface area (Å²) in [5, 5.41) is 3.69. The summed E-state index contributed by atoms with van der Waals surface area (Å²) in [4.78, 5) is 0. The Balaban J connectivity index is 1.81. The molecule has 2 aliphatic carbocycles. The van der Waals surface area contributed by atoms with Gasteiger partial charge in [0.15, 0.2) is 11.5 Å². The molecule has 1 aromatic rings. The summed E-state index contributed by atoms with van der Waals surface area (Å²) in [5.41, 5.74) is 1.71. The fourth-order valence-corrected chi connectivity index (χ4v) is 2.96. The SMILES string of the molecule is COc1ccc(C2(CNC3CC3)CCC2)cc1OC. The average molecular weight is 261 g/mol. The van der Waals surface area contributed by atoms with Crippen molar-refractivity contribution in [1.82, 2.24) is 5.32 Å². The van der Waals surface area contributed by atoms with E-state index in [9.17, 15) is 0 Å². The summed E-state index contributed by atoms with van der Waals surface area (Å²) in [5.74, 6) is 1.66. The molecule has 104 valence electrons. The van der Waals surface area contributed by atoms with Crippen LogP contribution in [0.3, 0.4) is 0 Å². The molecule has 0 aromatic heterocycles. The molecule has 0 radical (unpaired) electrons. The van der Waals surface area contributed by atoms with E-state index in [1.807, 2.05) is 6.07 Å². The van der Waals surface area contributed by atoms with Gasteiger partial charge in [-0.3, -0.25) is 0 Å². The van der Waals surface area contributed by atoms with E-state index in [0.29, 0.717) is 5.41 Å². The lowest BCUT2D eigenvalue weighted by atomic mass is 9.64. The lowest BCUT2D eigenvalue weighted by Gasteiger charge is -2.43. The molecule has 0 saturated heterocycles. The number of nitrogens with one attached hydrogen (secondary N) is 1. The predicted molar refractivity (Wildman–Crippen MR) is 76.1 cm³/mol. The molecular weight excluding hydrogens is 238 g/mol. The first kappa shape index (κ1) is 12.8. The average Bonchev–Trinajstić information content (AvgIpc) is 3.21. The van der Waals surface area contributed by atoms with Gasteiger partial charge in [-0.05, 0) is 43.4 Å². The van der Waals surface area contributed by atoms with Crippen LogP contribution in [0, 0.1) is 0 Å². The molecule has 3 heteroatoms. The van der Waals surface area contributed by atoms with E-state index < -0.39 is 0 Å². The van der Waals surface area contributed by atoms with E-state index in [1.165, 1.54) is 37.7 Å². The van der Waals surface area contributed by atoms with Gasteiger partial charge in [-0.25, -0.2) is 0 Å². The maximum Gasteiger partial charge on any atom is 0.161 e. The monoisotopic (exact) mass is 261 g/mol. The van der Waals surface area contributed by atoms with Crippen molar-refractivity contribution in [1.29, 1.82) is 0 Å². The molecule has 0 aliphatic heterocycles. The zero-order valence-electron chi connectivity index (χ0n) is 11.9. The molecular formula is C16H23NO2. The summed E-state index contributed by atoms with van der Waals surface area (Å²) < 4.78 is 10.8. The molecule has 2 aliphatic rings. The third-order valence-electron chi connectivity index (χ3n) is 4.61. The summed E-state index contributed by atoms with van der Waals surface area (Å²) in [6, 6.07) is 7.17. The van der Waals surface area contributed by atoms with Crippen molar-refractivity contribution >= 4 is 0 Å². The van der Waals surface area contributed by atoms with Crippen LogP contribution in [0.15, 0.2) is 18.2 Å². The molecule has 2 saturated carbocycles. The van der Waals surface area contributed by atoms with Crippen molar-refractivity contribution in [3.8, 4) is 11.5 Å². The first-order valence-electron chi connectivity index (χ1n) is 7.23. The zero-order valence-corrected chi connectivity index (χ0v) is 11.9. The van der Waals surface area contributed by atoms with Crippen LogP contribution in [-0.4, -0.2) is 26.8 Å². The van der Waals surface area contributed by atoms with Crippen LogP contribution >= 0.6 is 0 Å². The van der Waals surface area contributed by atoms with Crippen LogP contribution in [0.2, 0.25) is 0 Å². The van der Waals surface area contributed by atoms with Gasteiger partial charge < -0.3 is 14.8 Å². The molecule has 3 nitrogen and oxygen atoms in total. The summed E-state index contributed by atoms with van der Waals surface area (Å²) >= 11 is 0. The Morgan fingerprint density at radius 2 is 1.89 bits per heavy atom. The summed E-state index contributed by atoms with van der Waals surface area (Å²) in [7, 11) is 3.39. The third kappa shape index (κ3) is 2.44. The van der Waals surface area contributed by atoms with Crippen LogP contribution < -0.4 is 14.8 Å². The molecule has 0 amide bonds. The van der Waals surface area contributed by atoms with E-state index in [-0.39, 0.29) is 0 Å². The van der Waals surface area contributed by atoms with Crippen molar-refractivity contribution in [3.05, 3.63) is 23.8 Å². The normalized spacial score (nSPS) is 20.7. The highest BCUT2D eigenvalue weighted by molar-refractivity contribution is 5.46. The number of methoxy groups -OCH3 is 2. The lowest BCUT2D eigenvalue weighted by Crippen LogP contribution is -2.44. The Labute approximate surface area is 115 Å². The minimum absolute atomic E-state index is 0.322. The quantitative estimate of drug-likeness (QED) is 0.854. The van der Waals surface area contributed by atoms with Crippen LogP contribution in [-0.2, 0) is 5.41 Å². The molecule has 0 heterocycles. The minimum Gasteiger partial charge on any atom is -0.493 e. The molecule has 3 rings (SSSR count). The van der Waals surface area contributed by atoms with Crippen molar-refractivity contribution in [2.45, 2.75) is 43.6 Å². The highest BCUT2D eigenvalue weighted by atomic mass is 16.5. The standard InChI is InChI=1S/C16H23NO2/c1-18-14-7-4-12(10-15(14)19-2)16(8-3-9-16)11-17-13-5-6-13/h4,7,10,13,17H,3,5-6,8-9,11H2,1-2H3. The second-order valence-electron chi connectivity index (χ2n) is 5.86. The second kappa shape index (κ2) is 5.04. The maximum absolute atomic E-state index is 5.43. The van der Waals surface area contributed by atoms with Gasteiger partial charge in [0, 0.05) is 18.0 Å². The van der Waals surface area contributed by atoms with Crippen LogP contribution in [0.5, 0.6) is 11.5 Å². The zero-order chi connectivity index (χ0) is 13.3. The van der Waals surface area contributed by atoms with Crippen molar-refractivity contribution < 1.29 is 9.47 Å². The molecule has 2 fully saturated rings. The van der Waals surface area contributed by atoms with E-state index in [1.54, 1.807) is 14.2 Å². The van der Waals surface area contributed by atoms with Crippen LogP contribution in [0.1, 0.15) is 37.7 Å². The Hall–Kier alpha value is -1.22. The predicted octanol–water partition coefficient (Wildman–Crippen LogP) is 2.88. The van der Waals surface area contributed by atoms with Crippen LogP contribution in [0.25, 0.3) is 0 Å². The van der Waals surface area contributed by atoms with Gasteiger partial charge in [0.25, 0.3) is 0 Å². The van der Waals surface area contributed by atoms with Gasteiger partial charge in [0.2, 0.25) is 0 Å². The van der Waals surface area contributed by atoms with E-state index in [2.05, 4.69) is 17.4 Å². The first-order valence-corrected chi connectivity index (χ1v) is 7.23. The Kier molecular flexibility index (Phi) is 3.40. The first-order chi connectivity index (χ1) is 9.27. The Morgan fingerprint density at radius 1 is 1.16 bits per heavy atom. The molecule has 1 aromatic carbocycles. The van der Waals surface area contributed by atoms with Gasteiger partial charge in [0.1, 0.15) is 0 Å². The number of rotatable bonds is 6. The lowest BCUT2D eigenvalue weighted by molar-refractivity contribution is 0.231. The summed E-state index contributed by atoms with van der Waals surface area (Å²) in [6.45, 7) is 1.10. The molecule has 19 heavy (non-hydrogen) atoms. The van der Waals surface area contributed by atoms with Gasteiger partial charge in [0.05, 0.1) is 14.2 Å².